The zero-order valence-electron chi connectivity index (χ0n) is 18.3. The average molecular weight is 568 g/mol. The number of guanidine groups is 1. The molecule has 1 aromatic rings. The summed E-state index contributed by atoms with van der Waals surface area (Å²) in [6.07, 6.45) is 1.69. The Bertz CT molecular complexity index is 835. The summed E-state index contributed by atoms with van der Waals surface area (Å²) in [4.78, 5) is 18.6. The van der Waals surface area contributed by atoms with Gasteiger partial charge in [-0.05, 0) is 37.5 Å². The number of hydrogen-bond acceptors (Lipinski definition) is 6. The molecule has 0 spiro atoms. The van der Waals surface area contributed by atoms with Crippen LogP contribution in [-0.2, 0) is 30.8 Å². The number of piperidine rings is 1. The highest BCUT2D eigenvalue weighted by Gasteiger charge is 2.28. The van der Waals surface area contributed by atoms with E-state index in [9.17, 15) is 13.2 Å². The molecule has 11 heteroatoms. The number of carbonyl (C=O) groups is 1. The molecule has 2 N–H and O–H groups in total. The second kappa shape index (κ2) is 13.9. The number of esters is 1. The van der Waals surface area contributed by atoms with E-state index in [0.29, 0.717) is 32.3 Å². The van der Waals surface area contributed by atoms with Gasteiger partial charge in [0.2, 0.25) is 10.0 Å². The minimum absolute atomic E-state index is 0. The van der Waals surface area contributed by atoms with Crippen molar-refractivity contribution in [1.29, 1.82) is 0 Å². The van der Waals surface area contributed by atoms with Crippen molar-refractivity contribution in [2.75, 3.05) is 47.0 Å². The summed E-state index contributed by atoms with van der Waals surface area (Å²) in [6, 6.07) is 6.75. The molecule has 1 fully saturated rings. The normalized spacial score (nSPS) is 17.1. The molecule has 0 bridgehead atoms. The summed E-state index contributed by atoms with van der Waals surface area (Å²) in [5, 5.41) is 3.27. The molecule has 1 unspecified atom stereocenters. The lowest BCUT2D eigenvalue weighted by Crippen LogP contribution is -2.48. The summed E-state index contributed by atoms with van der Waals surface area (Å²) in [7, 11) is -0.382. The third kappa shape index (κ3) is 8.54. The lowest BCUT2D eigenvalue weighted by atomic mass is 9.98. The van der Waals surface area contributed by atoms with E-state index in [-0.39, 0.29) is 47.3 Å². The first kappa shape index (κ1) is 27.6. The van der Waals surface area contributed by atoms with Gasteiger partial charge in [0.1, 0.15) is 0 Å². The number of rotatable bonds is 9. The standard InChI is InChI=1S/C20H32N4O5S.HI/c1-4-29-19(25)17-8-6-11-24(15-17)20(21-2)22-14-16-7-5-9-18(13-16)30(26,27)23-10-12-28-3;/h5,7,9,13,17,23H,4,6,8,10-12,14-15H2,1-3H3,(H,21,22);1H. The Morgan fingerprint density at radius 2 is 2.13 bits per heavy atom. The highest BCUT2D eigenvalue weighted by atomic mass is 127. The molecule has 1 saturated heterocycles. The zero-order chi connectivity index (χ0) is 22.0. The predicted octanol–water partition coefficient (Wildman–Crippen LogP) is 1.58. The molecule has 31 heavy (non-hydrogen) atoms. The first-order chi connectivity index (χ1) is 14.4. The van der Waals surface area contributed by atoms with Crippen molar-refractivity contribution in [3.05, 3.63) is 29.8 Å². The highest BCUT2D eigenvalue weighted by Crippen LogP contribution is 2.18. The van der Waals surface area contributed by atoms with Crippen molar-refractivity contribution < 1.29 is 22.7 Å². The Morgan fingerprint density at radius 3 is 2.81 bits per heavy atom. The topological polar surface area (TPSA) is 109 Å². The van der Waals surface area contributed by atoms with Crippen LogP contribution < -0.4 is 10.0 Å². The van der Waals surface area contributed by atoms with Gasteiger partial charge in [-0.25, -0.2) is 13.1 Å². The lowest BCUT2D eigenvalue weighted by Gasteiger charge is -2.34. The number of sulfonamides is 1. The Balaban J connectivity index is 0.00000480. The van der Waals surface area contributed by atoms with Gasteiger partial charge in [0.05, 0.1) is 24.0 Å². The van der Waals surface area contributed by atoms with Gasteiger partial charge in [-0.2, -0.15) is 0 Å². The van der Waals surface area contributed by atoms with Crippen molar-refractivity contribution >= 4 is 45.9 Å². The molecular weight excluding hydrogens is 535 g/mol. The van der Waals surface area contributed by atoms with Gasteiger partial charge < -0.3 is 19.7 Å². The lowest BCUT2D eigenvalue weighted by molar-refractivity contribution is -0.149. The molecule has 176 valence electrons. The zero-order valence-corrected chi connectivity index (χ0v) is 21.4. The van der Waals surface area contributed by atoms with Gasteiger partial charge >= 0.3 is 5.97 Å². The van der Waals surface area contributed by atoms with E-state index in [4.69, 9.17) is 9.47 Å². The van der Waals surface area contributed by atoms with Crippen molar-refractivity contribution in [2.24, 2.45) is 10.9 Å². The van der Waals surface area contributed by atoms with Gasteiger partial charge in [-0.15, -0.1) is 24.0 Å². The average Bonchev–Trinajstić information content (AvgIpc) is 2.75. The van der Waals surface area contributed by atoms with Crippen LogP contribution in [-0.4, -0.2) is 72.3 Å². The van der Waals surface area contributed by atoms with Crippen LogP contribution in [0.15, 0.2) is 34.2 Å². The van der Waals surface area contributed by atoms with Crippen LogP contribution >= 0.6 is 24.0 Å². The maximum absolute atomic E-state index is 12.4. The van der Waals surface area contributed by atoms with Gasteiger partial charge in [0.25, 0.3) is 0 Å². The maximum Gasteiger partial charge on any atom is 0.310 e. The smallest absolute Gasteiger partial charge is 0.310 e. The number of carbonyl (C=O) groups excluding carboxylic acids is 1. The molecule has 2 rings (SSSR count). The molecule has 0 aromatic heterocycles. The second-order valence-electron chi connectivity index (χ2n) is 6.98. The first-order valence-corrected chi connectivity index (χ1v) is 11.6. The quantitative estimate of drug-likeness (QED) is 0.153. The Labute approximate surface area is 202 Å². The molecule has 1 aliphatic rings. The van der Waals surface area contributed by atoms with Crippen LogP contribution in [0, 0.1) is 5.92 Å². The van der Waals surface area contributed by atoms with Crippen LogP contribution in [0.5, 0.6) is 0 Å². The number of likely N-dealkylation sites (tertiary alicyclic amines) is 1. The third-order valence-corrected chi connectivity index (χ3v) is 6.27. The summed E-state index contributed by atoms with van der Waals surface area (Å²) in [6.45, 7) is 4.46. The third-order valence-electron chi connectivity index (χ3n) is 4.81. The number of nitrogens with one attached hydrogen (secondary N) is 2. The minimum atomic E-state index is -3.59. The van der Waals surface area contributed by atoms with Crippen LogP contribution in [0.1, 0.15) is 25.3 Å². The first-order valence-electron chi connectivity index (χ1n) is 10.1. The Hall–Kier alpha value is -1.44. The molecule has 1 aliphatic heterocycles. The van der Waals surface area contributed by atoms with Gasteiger partial charge in [-0.1, -0.05) is 12.1 Å². The van der Waals surface area contributed by atoms with Crippen molar-refractivity contribution in [3.8, 4) is 0 Å². The second-order valence-corrected chi connectivity index (χ2v) is 8.74. The molecule has 1 aromatic carbocycles. The van der Waals surface area contributed by atoms with Crippen LogP contribution in [0.2, 0.25) is 0 Å². The van der Waals surface area contributed by atoms with Crippen molar-refractivity contribution in [3.63, 3.8) is 0 Å². The Morgan fingerprint density at radius 1 is 1.35 bits per heavy atom. The summed E-state index contributed by atoms with van der Waals surface area (Å²) in [5.74, 6) is 0.343. The van der Waals surface area contributed by atoms with E-state index in [2.05, 4.69) is 15.0 Å². The summed E-state index contributed by atoms with van der Waals surface area (Å²) < 4.78 is 37.3. The summed E-state index contributed by atoms with van der Waals surface area (Å²) in [5.41, 5.74) is 0.810. The fourth-order valence-corrected chi connectivity index (χ4v) is 4.40. The molecule has 0 aliphatic carbocycles. The fraction of sp³-hybridized carbons (Fsp3) is 0.600. The van der Waals surface area contributed by atoms with E-state index >= 15 is 0 Å². The largest absolute Gasteiger partial charge is 0.466 e. The number of ether oxygens (including phenoxy) is 2. The molecule has 9 nitrogen and oxygen atoms in total. The summed E-state index contributed by atoms with van der Waals surface area (Å²) >= 11 is 0. The number of aliphatic imine (C=N–C) groups is 1. The molecular formula is C20H33IN4O5S. The van der Waals surface area contributed by atoms with Crippen LogP contribution in [0.25, 0.3) is 0 Å². The van der Waals surface area contributed by atoms with E-state index in [1.807, 2.05) is 11.0 Å². The number of methoxy groups -OCH3 is 1. The maximum atomic E-state index is 12.4. The van der Waals surface area contributed by atoms with Crippen LogP contribution in [0.3, 0.4) is 0 Å². The molecule has 0 saturated carbocycles. The minimum Gasteiger partial charge on any atom is -0.466 e. The number of halogens is 1. The van der Waals surface area contributed by atoms with Gasteiger partial charge in [-0.3, -0.25) is 9.79 Å². The van der Waals surface area contributed by atoms with Gasteiger partial charge in [0, 0.05) is 40.3 Å². The Kier molecular flexibility index (Phi) is 12.3. The highest BCUT2D eigenvalue weighted by molar-refractivity contribution is 14.0. The molecule has 1 heterocycles. The van der Waals surface area contributed by atoms with E-state index in [1.54, 1.807) is 32.2 Å². The van der Waals surface area contributed by atoms with Crippen molar-refractivity contribution in [2.45, 2.75) is 31.2 Å². The number of nitrogens with zero attached hydrogens (tertiary/aromatic N) is 2. The van der Waals surface area contributed by atoms with E-state index < -0.39 is 10.0 Å². The van der Waals surface area contributed by atoms with E-state index in [0.717, 1.165) is 24.9 Å². The van der Waals surface area contributed by atoms with Crippen molar-refractivity contribution in [1.82, 2.24) is 14.9 Å². The monoisotopic (exact) mass is 568 g/mol. The van der Waals surface area contributed by atoms with E-state index in [1.165, 1.54) is 7.11 Å². The SMILES string of the molecule is CCOC(=O)C1CCCN(C(=NC)NCc2cccc(S(=O)(=O)NCCOC)c2)C1.I. The van der Waals surface area contributed by atoms with Gasteiger partial charge in [0.15, 0.2) is 5.96 Å². The predicted molar refractivity (Wildman–Crippen MR) is 130 cm³/mol. The van der Waals surface area contributed by atoms with Crippen LogP contribution in [0.4, 0.5) is 0 Å². The fourth-order valence-electron chi connectivity index (χ4n) is 3.32. The number of hydrogen-bond donors (Lipinski definition) is 2. The molecule has 0 amide bonds. The number of benzene rings is 1. The molecule has 0 radical (unpaired) electrons. The molecule has 1 atom stereocenters.